The van der Waals surface area contributed by atoms with E-state index in [9.17, 15) is 14.4 Å². The fourth-order valence-electron chi connectivity index (χ4n) is 1.37. The fourth-order valence-corrected chi connectivity index (χ4v) is 1.37. The third-order valence-corrected chi connectivity index (χ3v) is 2.51. The number of hydrogen-bond acceptors (Lipinski definition) is 5. The average Bonchev–Trinajstić information content (AvgIpc) is 2.40. The van der Waals surface area contributed by atoms with Gasteiger partial charge in [-0.2, -0.15) is 0 Å². The summed E-state index contributed by atoms with van der Waals surface area (Å²) >= 11 is 0. The van der Waals surface area contributed by atoms with Crippen LogP contribution in [0, 0.1) is 0 Å². The normalized spacial score (nSPS) is 9.76. The molecule has 0 aromatic heterocycles. The zero-order valence-electron chi connectivity index (χ0n) is 12.4. The third kappa shape index (κ3) is 10.4. The Morgan fingerprint density at radius 1 is 0.905 bits per heavy atom. The average molecular weight is 298 g/mol. The van der Waals surface area contributed by atoms with Gasteiger partial charge in [-0.3, -0.25) is 4.79 Å². The van der Waals surface area contributed by atoms with E-state index in [-0.39, 0.29) is 18.1 Å². The molecule has 6 nitrogen and oxygen atoms in total. The lowest BCUT2D eigenvalue weighted by Gasteiger charge is -2.06. The quantitative estimate of drug-likeness (QED) is 0.357. The van der Waals surface area contributed by atoms with Crippen LogP contribution in [0.15, 0.2) is 24.3 Å². The Kier molecular flexibility index (Phi) is 9.58. The first-order valence-electron chi connectivity index (χ1n) is 6.74. The van der Waals surface area contributed by atoms with Gasteiger partial charge in [0.25, 0.3) is 0 Å². The maximum absolute atomic E-state index is 11.3. The van der Waals surface area contributed by atoms with Crippen molar-refractivity contribution in [3.8, 4) is 0 Å². The number of rotatable bonds is 11. The predicted octanol–water partition coefficient (Wildman–Crippen LogP) is 2.24. The molecule has 6 heteroatoms. The van der Waals surface area contributed by atoms with Crippen LogP contribution in [0.3, 0.4) is 0 Å². The molecule has 0 unspecified atom stereocenters. The van der Waals surface area contributed by atoms with Gasteiger partial charge < -0.3 is 14.6 Å². The minimum Gasteiger partial charge on any atom is -0.481 e. The van der Waals surface area contributed by atoms with Gasteiger partial charge in [0.05, 0.1) is 19.6 Å². The number of carbonyl (C=O) groups is 3. The van der Waals surface area contributed by atoms with Crippen LogP contribution < -0.4 is 0 Å². The van der Waals surface area contributed by atoms with E-state index >= 15 is 0 Å². The molecule has 0 saturated carbocycles. The van der Waals surface area contributed by atoms with Gasteiger partial charge in [0.1, 0.15) is 0 Å². The molecule has 0 aliphatic rings. The molecule has 118 valence electrons. The summed E-state index contributed by atoms with van der Waals surface area (Å²) < 4.78 is 9.81. The van der Waals surface area contributed by atoms with Gasteiger partial charge in [-0.25, -0.2) is 9.59 Å². The summed E-state index contributed by atoms with van der Waals surface area (Å²) in [7, 11) is 0. The topological polar surface area (TPSA) is 89.9 Å². The van der Waals surface area contributed by atoms with Gasteiger partial charge in [-0.1, -0.05) is 13.2 Å². The lowest BCUT2D eigenvalue weighted by atomic mass is 10.2. The molecular weight excluding hydrogens is 276 g/mol. The van der Waals surface area contributed by atoms with Gasteiger partial charge >= 0.3 is 17.9 Å². The third-order valence-electron chi connectivity index (χ3n) is 2.51. The van der Waals surface area contributed by atoms with Crippen LogP contribution in [-0.2, 0) is 23.9 Å². The molecule has 21 heavy (non-hydrogen) atoms. The molecule has 0 rings (SSSR count). The van der Waals surface area contributed by atoms with Crippen molar-refractivity contribution in [3.63, 3.8) is 0 Å². The first kappa shape index (κ1) is 18.9. The number of ether oxygens (including phenoxy) is 2. The Morgan fingerprint density at radius 3 is 1.81 bits per heavy atom. The van der Waals surface area contributed by atoms with E-state index < -0.39 is 18.4 Å². The predicted molar refractivity (Wildman–Crippen MR) is 76.6 cm³/mol. The molecule has 0 fully saturated rings. The number of aliphatic carboxylic acids is 1. The van der Waals surface area contributed by atoms with Crippen molar-refractivity contribution < 1.29 is 29.0 Å². The smallest absolute Gasteiger partial charge is 0.333 e. The summed E-state index contributed by atoms with van der Waals surface area (Å²) in [5, 5.41) is 8.49. The number of carboxylic acid groups (broad SMARTS) is 1. The first-order valence-corrected chi connectivity index (χ1v) is 6.74. The van der Waals surface area contributed by atoms with E-state index in [0.29, 0.717) is 18.6 Å². The summed E-state index contributed by atoms with van der Waals surface area (Å²) in [6, 6.07) is 0. The molecule has 0 amide bonds. The number of carbonyl (C=O) groups excluding carboxylic acids is 2. The van der Waals surface area contributed by atoms with Crippen LogP contribution in [0.5, 0.6) is 0 Å². The van der Waals surface area contributed by atoms with Crippen molar-refractivity contribution in [1.29, 1.82) is 0 Å². The van der Waals surface area contributed by atoms with Crippen molar-refractivity contribution in [3.05, 3.63) is 24.3 Å². The minimum absolute atomic E-state index is 0.0609. The van der Waals surface area contributed by atoms with Crippen LogP contribution in [0.4, 0.5) is 0 Å². The van der Waals surface area contributed by atoms with E-state index in [1.165, 1.54) is 0 Å². The van der Waals surface area contributed by atoms with E-state index in [0.717, 1.165) is 19.3 Å². The molecule has 1 N–H and O–H groups in total. The molecule has 0 aromatic carbocycles. The number of esters is 2. The van der Waals surface area contributed by atoms with Crippen LogP contribution in [0.25, 0.3) is 0 Å². The molecule has 0 bridgehead atoms. The highest BCUT2D eigenvalue weighted by molar-refractivity contribution is 5.92. The zero-order chi connectivity index (χ0) is 16.3. The highest BCUT2D eigenvalue weighted by Gasteiger charge is 2.11. The van der Waals surface area contributed by atoms with Crippen LogP contribution in [0.1, 0.15) is 39.0 Å². The van der Waals surface area contributed by atoms with Crippen molar-refractivity contribution in [2.45, 2.75) is 39.0 Å². The van der Waals surface area contributed by atoms with Crippen LogP contribution >= 0.6 is 0 Å². The second-order valence-electron chi connectivity index (χ2n) is 4.64. The summed E-state index contributed by atoms with van der Waals surface area (Å²) in [4.78, 5) is 32.7. The van der Waals surface area contributed by atoms with Crippen molar-refractivity contribution >= 4 is 17.9 Å². The standard InChI is InChI=1S/C15H22O6/c1-11(2)14(18)20-8-6-4-5-7-9-21-15(19)12(3)10-13(16)17/h1,3-10H2,2H3,(H,16,17). The Balaban J connectivity index is 3.50. The Morgan fingerprint density at radius 2 is 1.38 bits per heavy atom. The van der Waals surface area contributed by atoms with Crippen LogP contribution in [0.2, 0.25) is 0 Å². The van der Waals surface area contributed by atoms with E-state index in [4.69, 9.17) is 14.6 Å². The summed E-state index contributed by atoms with van der Waals surface area (Å²) in [5.41, 5.74) is 0.317. The fraction of sp³-hybridized carbons (Fsp3) is 0.533. The minimum atomic E-state index is -1.11. The summed E-state index contributed by atoms with van der Waals surface area (Å²) in [6.45, 7) is 9.00. The van der Waals surface area contributed by atoms with Gasteiger partial charge in [0, 0.05) is 11.1 Å². The van der Waals surface area contributed by atoms with E-state index in [1.54, 1.807) is 6.92 Å². The number of carboxylic acids is 1. The van der Waals surface area contributed by atoms with Crippen molar-refractivity contribution in [2.24, 2.45) is 0 Å². The maximum atomic E-state index is 11.3. The molecule has 0 spiro atoms. The monoisotopic (exact) mass is 298 g/mol. The van der Waals surface area contributed by atoms with Crippen LogP contribution in [-0.4, -0.2) is 36.2 Å². The SMILES string of the molecule is C=C(C)C(=O)OCCCCCCOC(=O)C(=C)CC(=O)O. The molecule has 0 aliphatic carbocycles. The van der Waals surface area contributed by atoms with E-state index in [2.05, 4.69) is 13.2 Å². The number of unbranched alkanes of at least 4 members (excludes halogenated alkanes) is 3. The molecule has 0 heterocycles. The highest BCUT2D eigenvalue weighted by atomic mass is 16.5. The maximum Gasteiger partial charge on any atom is 0.333 e. The second-order valence-corrected chi connectivity index (χ2v) is 4.64. The van der Waals surface area contributed by atoms with Crippen molar-refractivity contribution in [1.82, 2.24) is 0 Å². The van der Waals surface area contributed by atoms with Gasteiger partial charge in [-0.05, 0) is 32.6 Å². The largest absolute Gasteiger partial charge is 0.481 e. The van der Waals surface area contributed by atoms with E-state index in [1.807, 2.05) is 0 Å². The zero-order valence-corrected chi connectivity index (χ0v) is 12.4. The Bertz CT molecular complexity index is 410. The summed E-state index contributed by atoms with van der Waals surface area (Å²) in [6.07, 6.45) is 2.66. The lowest BCUT2D eigenvalue weighted by Crippen LogP contribution is -2.11. The van der Waals surface area contributed by atoms with Crippen molar-refractivity contribution in [2.75, 3.05) is 13.2 Å². The lowest BCUT2D eigenvalue weighted by molar-refractivity contribution is -0.143. The van der Waals surface area contributed by atoms with Gasteiger partial charge in [0.15, 0.2) is 0 Å². The summed E-state index contributed by atoms with van der Waals surface area (Å²) in [5.74, 6) is -2.17. The molecule has 0 saturated heterocycles. The molecule has 0 aliphatic heterocycles. The Hall–Kier alpha value is -2.11. The van der Waals surface area contributed by atoms with Gasteiger partial charge in [-0.15, -0.1) is 0 Å². The molecule has 0 atom stereocenters. The highest BCUT2D eigenvalue weighted by Crippen LogP contribution is 2.05. The second kappa shape index (κ2) is 10.7. The van der Waals surface area contributed by atoms with Gasteiger partial charge in [0.2, 0.25) is 0 Å². The number of hydrogen-bond donors (Lipinski definition) is 1. The first-order chi connectivity index (χ1) is 9.84. The molecule has 0 aromatic rings. The Labute approximate surface area is 124 Å². The molecule has 0 radical (unpaired) electrons. The molecular formula is C15H22O6.